The predicted molar refractivity (Wildman–Crippen MR) is 122 cm³/mol. The number of alkyl halides is 6. The molecule has 5 nitrogen and oxygen atoms in total. The molecule has 0 atom stereocenters. The van der Waals surface area contributed by atoms with Gasteiger partial charge < -0.3 is 5.32 Å². The lowest BCUT2D eigenvalue weighted by atomic mass is 10.0. The largest absolute Gasteiger partial charge is 0.417 e. The summed E-state index contributed by atoms with van der Waals surface area (Å²) in [5, 5.41) is 10.0. The summed E-state index contributed by atoms with van der Waals surface area (Å²) in [6.07, 6.45) is -9.20. The molecule has 0 fully saturated rings. The van der Waals surface area contributed by atoms with E-state index in [2.05, 4.69) is 25.5 Å². The quantitative estimate of drug-likeness (QED) is 0.252. The van der Waals surface area contributed by atoms with Crippen molar-refractivity contribution in [2.24, 2.45) is 0 Å². The number of nitrogens with one attached hydrogen (secondary N) is 2. The second-order valence-electron chi connectivity index (χ2n) is 7.79. The van der Waals surface area contributed by atoms with Crippen LogP contribution in [0.5, 0.6) is 0 Å². The molecule has 0 aliphatic heterocycles. The summed E-state index contributed by atoms with van der Waals surface area (Å²) < 4.78 is 81.1. The van der Waals surface area contributed by atoms with E-state index >= 15 is 0 Å². The van der Waals surface area contributed by atoms with E-state index in [0.717, 1.165) is 12.1 Å². The maximum atomic E-state index is 13.6. The highest BCUT2D eigenvalue weighted by molar-refractivity contribution is 5.92. The van der Waals surface area contributed by atoms with E-state index < -0.39 is 23.5 Å². The molecule has 2 N–H and O–H groups in total. The van der Waals surface area contributed by atoms with Crippen molar-refractivity contribution < 1.29 is 26.3 Å². The Labute approximate surface area is 199 Å². The summed E-state index contributed by atoms with van der Waals surface area (Å²) in [5.41, 5.74) is -1.65. The van der Waals surface area contributed by atoms with Crippen LogP contribution < -0.4 is 5.32 Å². The Morgan fingerprint density at radius 1 is 0.667 bits per heavy atom. The molecule has 36 heavy (non-hydrogen) atoms. The number of aromatic nitrogens is 4. The molecule has 5 aromatic rings. The molecule has 5 rings (SSSR count). The molecule has 0 bridgehead atoms. The van der Waals surface area contributed by atoms with Crippen LogP contribution in [0, 0.1) is 0 Å². The fraction of sp³-hybridized carbons (Fsp3) is 0.0800. The van der Waals surface area contributed by atoms with E-state index in [9.17, 15) is 26.3 Å². The van der Waals surface area contributed by atoms with Crippen LogP contribution in [0.4, 0.5) is 38.0 Å². The summed E-state index contributed by atoms with van der Waals surface area (Å²) in [5.74, 6) is 0.194. The van der Waals surface area contributed by atoms with Gasteiger partial charge in [0.05, 0.1) is 22.3 Å². The summed E-state index contributed by atoms with van der Waals surface area (Å²) in [6.45, 7) is 0. The Morgan fingerprint density at radius 3 is 1.94 bits per heavy atom. The van der Waals surface area contributed by atoms with Gasteiger partial charge in [0, 0.05) is 22.6 Å². The number of fused-ring (bicyclic) bond motifs is 1. The maximum absolute atomic E-state index is 13.6. The van der Waals surface area contributed by atoms with Crippen molar-refractivity contribution in [3.8, 4) is 22.6 Å². The van der Waals surface area contributed by atoms with E-state index in [4.69, 9.17) is 0 Å². The number of aromatic amines is 1. The van der Waals surface area contributed by atoms with Crippen molar-refractivity contribution in [2.75, 3.05) is 5.32 Å². The van der Waals surface area contributed by atoms with Crippen LogP contribution >= 0.6 is 0 Å². The highest BCUT2D eigenvalue weighted by Crippen LogP contribution is 2.38. The molecular formula is C25H15F6N5. The molecule has 0 unspecified atom stereocenters. The molecule has 0 amide bonds. The molecule has 0 saturated heterocycles. The minimum atomic E-state index is -4.62. The fourth-order valence-electron chi connectivity index (χ4n) is 3.82. The summed E-state index contributed by atoms with van der Waals surface area (Å²) >= 11 is 0. The first kappa shape index (κ1) is 23.3. The van der Waals surface area contributed by atoms with Crippen LogP contribution in [0.2, 0.25) is 0 Å². The minimum absolute atomic E-state index is 0.0337. The Bertz CT molecular complexity index is 1550. The normalized spacial score (nSPS) is 12.2. The monoisotopic (exact) mass is 499 g/mol. The summed E-state index contributed by atoms with van der Waals surface area (Å²) in [4.78, 5) is 8.64. The molecule has 0 aliphatic carbocycles. The Morgan fingerprint density at radius 2 is 1.25 bits per heavy atom. The molecule has 3 aromatic carbocycles. The average Bonchev–Trinajstić information content (AvgIpc) is 3.31. The zero-order valence-corrected chi connectivity index (χ0v) is 18.1. The third-order valence-electron chi connectivity index (χ3n) is 5.42. The number of benzene rings is 3. The standard InChI is InChI=1S/C25H15F6N5/c26-24(27,28)17-10-4-1-7-14(17)20-13-21(36-35-20)33-23-16-9-3-6-12-19(16)32-22(34-23)15-8-2-5-11-18(15)25(29,30)31/h1-13H,(H2,32,33,34,35,36). The van der Waals surface area contributed by atoms with Crippen molar-refractivity contribution in [1.82, 2.24) is 20.2 Å². The van der Waals surface area contributed by atoms with Crippen molar-refractivity contribution >= 4 is 22.5 Å². The second kappa shape index (κ2) is 8.67. The predicted octanol–water partition coefficient (Wildman–Crippen LogP) is 7.47. The van der Waals surface area contributed by atoms with Crippen LogP contribution in [0.15, 0.2) is 78.9 Å². The van der Waals surface area contributed by atoms with Gasteiger partial charge in [-0.1, -0.05) is 48.5 Å². The van der Waals surface area contributed by atoms with Gasteiger partial charge in [-0.3, -0.25) is 5.10 Å². The molecule has 0 spiro atoms. The second-order valence-corrected chi connectivity index (χ2v) is 7.79. The van der Waals surface area contributed by atoms with Gasteiger partial charge in [-0.2, -0.15) is 31.4 Å². The van der Waals surface area contributed by atoms with Gasteiger partial charge in [0.2, 0.25) is 0 Å². The molecule has 0 saturated carbocycles. The number of hydrogen-bond donors (Lipinski definition) is 2. The van der Waals surface area contributed by atoms with E-state index in [1.807, 2.05) is 0 Å². The van der Waals surface area contributed by atoms with Crippen molar-refractivity contribution in [3.63, 3.8) is 0 Å². The number of rotatable bonds is 4. The van der Waals surface area contributed by atoms with Gasteiger partial charge in [-0.05, 0) is 24.3 Å². The van der Waals surface area contributed by atoms with Crippen LogP contribution in [-0.2, 0) is 12.4 Å². The average molecular weight is 499 g/mol. The number of para-hydroxylation sites is 1. The number of nitrogens with zero attached hydrogens (tertiary/aromatic N) is 3. The Balaban J connectivity index is 1.58. The van der Waals surface area contributed by atoms with Crippen LogP contribution in [0.1, 0.15) is 11.1 Å². The van der Waals surface area contributed by atoms with E-state index in [1.54, 1.807) is 24.3 Å². The van der Waals surface area contributed by atoms with Crippen LogP contribution in [-0.4, -0.2) is 20.2 Å². The Hall–Kier alpha value is -4.41. The SMILES string of the molecule is FC(F)(F)c1ccccc1-c1cc(Nc2nc(-c3ccccc3C(F)(F)F)nc3ccccc23)[nH]n1. The molecule has 2 heterocycles. The van der Waals surface area contributed by atoms with Gasteiger partial charge >= 0.3 is 12.4 Å². The minimum Gasteiger partial charge on any atom is -0.325 e. The van der Waals surface area contributed by atoms with E-state index in [0.29, 0.717) is 10.9 Å². The first-order chi connectivity index (χ1) is 17.1. The fourth-order valence-corrected chi connectivity index (χ4v) is 3.82. The molecule has 0 radical (unpaired) electrons. The van der Waals surface area contributed by atoms with Gasteiger partial charge in [0.25, 0.3) is 0 Å². The molecule has 182 valence electrons. The maximum Gasteiger partial charge on any atom is 0.417 e. The number of anilines is 2. The highest BCUT2D eigenvalue weighted by atomic mass is 19.4. The van der Waals surface area contributed by atoms with E-state index in [-0.39, 0.29) is 34.3 Å². The molecule has 11 heteroatoms. The third kappa shape index (κ3) is 4.47. The van der Waals surface area contributed by atoms with Crippen LogP contribution in [0.25, 0.3) is 33.5 Å². The van der Waals surface area contributed by atoms with Crippen molar-refractivity contribution in [2.45, 2.75) is 12.4 Å². The lowest BCUT2D eigenvalue weighted by molar-refractivity contribution is -0.137. The number of halogens is 6. The smallest absolute Gasteiger partial charge is 0.325 e. The topological polar surface area (TPSA) is 66.5 Å². The number of H-pyrrole nitrogens is 1. The lowest BCUT2D eigenvalue weighted by Gasteiger charge is -2.14. The Kier molecular flexibility index (Phi) is 5.62. The van der Waals surface area contributed by atoms with E-state index in [1.165, 1.54) is 42.5 Å². The van der Waals surface area contributed by atoms with Crippen molar-refractivity contribution in [3.05, 3.63) is 90.0 Å². The van der Waals surface area contributed by atoms with Gasteiger partial charge in [0.15, 0.2) is 5.82 Å². The molecular weight excluding hydrogens is 484 g/mol. The first-order valence-electron chi connectivity index (χ1n) is 10.5. The highest BCUT2D eigenvalue weighted by Gasteiger charge is 2.35. The van der Waals surface area contributed by atoms with Gasteiger partial charge in [-0.25, -0.2) is 9.97 Å². The molecule has 0 aliphatic rings. The van der Waals surface area contributed by atoms with Gasteiger partial charge in [0.1, 0.15) is 11.6 Å². The molecule has 2 aromatic heterocycles. The third-order valence-corrected chi connectivity index (χ3v) is 5.42. The van der Waals surface area contributed by atoms with Crippen molar-refractivity contribution in [1.29, 1.82) is 0 Å². The first-order valence-corrected chi connectivity index (χ1v) is 10.5. The lowest BCUT2D eigenvalue weighted by Crippen LogP contribution is -2.08. The number of hydrogen-bond acceptors (Lipinski definition) is 4. The summed E-state index contributed by atoms with van der Waals surface area (Å²) in [6, 6.07) is 18.0. The zero-order valence-electron chi connectivity index (χ0n) is 18.1. The van der Waals surface area contributed by atoms with Gasteiger partial charge in [-0.15, -0.1) is 0 Å². The summed E-state index contributed by atoms with van der Waals surface area (Å²) in [7, 11) is 0. The zero-order chi connectivity index (χ0) is 25.5. The van der Waals surface area contributed by atoms with Crippen LogP contribution in [0.3, 0.4) is 0 Å².